The number of ether oxygens (including phenoxy) is 3. The second-order valence-electron chi connectivity index (χ2n) is 7.81. The van der Waals surface area contributed by atoms with Crippen molar-refractivity contribution >= 4 is 33.0 Å². The van der Waals surface area contributed by atoms with E-state index in [1.807, 2.05) is 25.1 Å². The number of nitro groups is 1. The van der Waals surface area contributed by atoms with Crippen LogP contribution in [-0.4, -0.2) is 62.3 Å². The van der Waals surface area contributed by atoms with E-state index in [9.17, 15) is 14.9 Å². The van der Waals surface area contributed by atoms with E-state index in [0.717, 1.165) is 23.4 Å². The number of nitrogens with one attached hydrogen (secondary N) is 1. The number of methoxy groups -OCH3 is 1. The van der Waals surface area contributed by atoms with Gasteiger partial charge in [-0.2, -0.15) is 0 Å². The van der Waals surface area contributed by atoms with Gasteiger partial charge in [-0.1, -0.05) is 6.07 Å². The van der Waals surface area contributed by atoms with Crippen molar-refractivity contribution < 1.29 is 23.9 Å². The van der Waals surface area contributed by atoms with Gasteiger partial charge in [0, 0.05) is 41.9 Å². The van der Waals surface area contributed by atoms with Crippen LogP contribution in [0.1, 0.15) is 28.2 Å². The zero-order chi connectivity index (χ0) is 24.1. The van der Waals surface area contributed by atoms with E-state index in [1.165, 1.54) is 23.5 Å². The molecule has 2 aromatic carbocycles. The molecule has 1 aliphatic rings. The number of non-ortho nitro benzene ring substituents is 1. The van der Waals surface area contributed by atoms with Crippen molar-refractivity contribution in [2.24, 2.45) is 0 Å². The van der Waals surface area contributed by atoms with Gasteiger partial charge >= 0.3 is 0 Å². The lowest BCUT2D eigenvalue weighted by Gasteiger charge is -2.35. The minimum Gasteiger partial charge on any atom is -0.493 e. The zero-order valence-corrected chi connectivity index (χ0v) is 19.9. The normalized spacial score (nSPS) is 15.1. The Morgan fingerprint density at radius 3 is 2.71 bits per heavy atom. The van der Waals surface area contributed by atoms with E-state index < -0.39 is 4.92 Å². The third-order valence-electron chi connectivity index (χ3n) is 5.75. The molecule has 1 saturated heterocycles. The molecule has 1 atom stereocenters. The fourth-order valence-electron chi connectivity index (χ4n) is 4.05. The minimum atomic E-state index is -0.436. The number of benzene rings is 2. The average molecular weight is 486 g/mol. The summed E-state index contributed by atoms with van der Waals surface area (Å²) in [4.78, 5) is 26.4. The lowest BCUT2D eigenvalue weighted by atomic mass is 10.0. The van der Waals surface area contributed by atoms with Crippen LogP contribution in [0.3, 0.4) is 0 Å². The molecule has 3 aromatic rings. The number of hydrogen-bond acceptors (Lipinski definition) is 8. The molecule has 0 bridgehead atoms. The Morgan fingerprint density at radius 1 is 1.21 bits per heavy atom. The molecule has 10 heteroatoms. The predicted molar refractivity (Wildman–Crippen MR) is 130 cm³/mol. The second kappa shape index (κ2) is 10.8. The molecule has 0 spiro atoms. The average Bonchev–Trinajstić information content (AvgIpc) is 3.29. The molecule has 0 saturated carbocycles. The predicted octanol–water partition coefficient (Wildman–Crippen LogP) is 4.02. The summed E-state index contributed by atoms with van der Waals surface area (Å²) in [7, 11) is 1.61. The van der Waals surface area contributed by atoms with Crippen LogP contribution in [0.2, 0.25) is 0 Å². The van der Waals surface area contributed by atoms with Gasteiger partial charge in [0.1, 0.15) is 0 Å². The number of nitrogens with zero attached hydrogens (tertiary/aromatic N) is 2. The molecule has 4 rings (SSSR count). The van der Waals surface area contributed by atoms with Crippen molar-refractivity contribution in [1.29, 1.82) is 0 Å². The Hall–Kier alpha value is -3.21. The minimum absolute atomic E-state index is 0.00841. The van der Waals surface area contributed by atoms with Crippen molar-refractivity contribution in [1.82, 2.24) is 10.2 Å². The highest BCUT2D eigenvalue weighted by atomic mass is 32.1. The monoisotopic (exact) mass is 485 g/mol. The van der Waals surface area contributed by atoms with Gasteiger partial charge in [-0.15, -0.1) is 11.3 Å². The molecule has 34 heavy (non-hydrogen) atoms. The number of amides is 1. The summed E-state index contributed by atoms with van der Waals surface area (Å²) < 4.78 is 17.5. The Kier molecular flexibility index (Phi) is 7.61. The highest BCUT2D eigenvalue weighted by Gasteiger charge is 2.25. The topological polar surface area (TPSA) is 103 Å². The molecular formula is C24H27N3O6S. The molecule has 9 nitrogen and oxygen atoms in total. The molecule has 0 aliphatic carbocycles. The van der Waals surface area contributed by atoms with Crippen LogP contribution in [0.4, 0.5) is 5.69 Å². The first kappa shape index (κ1) is 23.9. The highest BCUT2D eigenvalue weighted by Crippen LogP contribution is 2.33. The van der Waals surface area contributed by atoms with Crippen LogP contribution in [0.5, 0.6) is 11.5 Å². The first-order chi connectivity index (χ1) is 16.5. The van der Waals surface area contributed by atoms with E-state index in [1.54, 1.807) is 19.2 Å². The van der Waals surface area contributed by atoms with Gasteiger partial charge in [0.05, 0.1) is 42.8 Å². The summed E-state index contributed by atoms with van der Waals surface area (Å²) in [5.41, 5.74) is 1.02. The Morgan fingerprint density at radius 2 is 2.00 bits per heavy atom. The maximum absolute atomic E-state index is 13.0. The zero-order valence-electron chi connectivity index (χ0n) is 19.1. The van der Waals surface area contributed by atoms with Gasteiger partial charge in [0.25, 0.3) is 11.6 Å². The molecule has 180 valence electrons. The SMILES string of the molecule is CCOc1ccc(C(CNC(=O)c2cc3cc([N+](=O)[O-])ccc3s2)N2CCOCC2)cc1OC. The van der Waals surface area contributed by atoms with E-state index in [2.05, 4.69) is 10.2 Å². The summed E-state index contributed by atoms with van der Waals surface area (Å²) in [6, 6.07) is 12.1. The van der Waals surface area contributed by atoms with Crippen molar-refractivity contribution in [3.05, 3.63) is 63.0 Å². The Labute approximate surface area is 201 Å². The number of fused-ring (bicyclic) bond motifs is 1. The molecule has 1 N–H and O–H groups in total. The van der Waals surface area contributed by atoms with Crippen LogP contribution in [0, 0.1) is 10.1 Å². The van der Waals surface area contributed by atoms with Gasteiger partial charge in [0.15, 0.2) is 11.5 Å². The van der Waals surface area contributed by atoms with Crippen LogP contribution in [0.15, 0.2) is 42.5 Å². The number of morpholine rings is 1. The maximum atomic E-state index is 13.0. The Balaban J connectivity index is 1.54. The van der Waals surface area contributed by atoms with Crippen LogP contribution >= 0.6 is 11.3 Å². The lowest BCUT2D eigenvalue weighted by Crippen LogP contribution is -2.43. The molecule has 2 heterocycles. The number of thiophene rings is 1. The lowest BCUT2D eigenvalue weighted by molar-refractivity contribution is -0.384. The van der Waals surface area contributed by atoms with Gasteiger partial charge in [-0.05, 0) is 36.8 Å². The number of carbonyl (C=O) groups excluding carboxylic acids is 1. The highest BCUT2D eigenvalue weighted by molar-refractivity contribution is 7.20. The summed E-state index contributed by atoms with van der Waals surface area (Å²) in [6.07, 6.45) is 0. The summed E-state index contributed by atoms with van der Waals surface area (Å²) in [5.74, 6) is 1.12. The van der Waals surface area contributed by atoms with Crippen LogP contribution in [0.25, 0.3) is 10.1 Å². The van der Waals surface area contributed by atoms with Gasteiger partial charge in [0.2, 0.25) is 0 Å². The standard InChI is InChI=1S/C24H27N3O6S/c1-3-33-20-6-4-16(13-21(20)31-2)19(26-8-10-32-11-9-26)15-25-24(28)23-14-17-12-18(27(29)30)5-7-22(17)34-23/h4-7,12-14,19H,3,8-11,15H2,1-2H3,(H,25,28). The Bertz CT molecular complexity index is 1170. The van der Waals surface area contributed by atoms with Crippen LogP contribution < -0.4 is 14.8 Å². The second-order valence-corrected chi connectivity index (χ2v) is 8.89. The first-order valence-corrected chi connectivity index (χ1v) is 11.9. The number of rotatable bonds is 9. The molecular weight excluding hydrogens is 458 g/mol. The van der Waals surface area contributed by atoms with E-state index in [4.69, 9.17) is 14.2 Å². The van der Waals surface area contributed by atoms with Gasteiger partial charge in [-0.3, -0.25) is 19.8 Å². The quantitative estimate of drug-likeness (QED) is 0.361. The van der Waals surface area contributed by atoms with Crippen molar-refractivity contribution in [3.63, 3.8) is 0 Å². The van der Waals surface area contributed by atoms with E-state index >= 15 is 0 Å². The van der Waals surface area contributed by atoms with E-state index in [-0.39, 0.29) is 17.6 Å². The summed E-state index contributed by atoms with van der Waals surface area (Å²) in [6.45, 7) is 5.62. The van der Waals surface area contributed by atoms with Gasteiger partial charge in [-0.25, -0.2) is 0 Å². The molecule has 1 amide bonds. The number of hydrogen-bond donors (Lipinski definition) is 1. The third kappa shape index (κ3) is 5.30. The number of carbonyl (C=O) groups is 1. The van der Waals surface area contributed by atoms with Crippen LogP contribution in [-0.2, 0) is 4.74 Å². The molecule has 1 aliphatic heterocycles. The van der Waals surface area contributed by atoms with Gasteiger partial charge < -0.3 is 19.5 Å². The molecule has 1 aromatic heterocycles. The molecule has 0 radical (unpaired) electrons. The maximum Gasteiger partial charge on any atom is 0.270 e. The van der Waals surface area contributed by atoms with Crippen molar-refractivity contribution in [2.75, 3.05) is 46.6 Å². The fourth-order valence-corrected chi connectivity index (χ4v) is 5.01. The van der Waals surface area contributed by atoms with E-state index in [0.29, 0.717) is 48.1 Å². The smallest absolute Gasteiger partial charge is 0.270 e. The molecule has 1 unspecified atom stereocenters. The summed E-state index contributed by atoms with van der Waals surface area (Å²) in [5, 5.41) is 14.8. The van der Waals surface area contributed by atoms with Crippen molar-refractivity contribution in [3.8, 4) is 11.5 Å². The number of nitro benzene ring substituents is 1. The first-order valence-electron chi connectivity index (χ1n) is 11.1. The third-order valence-corrected chi connectivity index (χ3v) is 6.86. The largest absolute Gasteiger partial charge is 0.493 e. The molecule has 1 fully saturated rings. The summed E-state index contributed by atoms with van der Waals surface area (Å²) >= 11 is 1.32. The van der Waals surface area contributed by atoms with Crippen molar-refractivity contribution in [2.45, 2.75) is 13.0 Å². The fraction of sp³-hybridized carbons (Fsp3) is 0.375.